The van der Waals surface area contributed by atoms with Crippen LogP contribution >= 0.6 is 0 Å². The van der Waals surface area contributed by atoms with Crippen molar-refractivity contribution in [2.75, 3.05) is 29.6 Å². The number of nitrogens with one attached hydrogen (secondary N) is 2. The number of nitrogens with zero attached hydrogens (tertiary/aromatic N) is 3. The van der Waals surface area contributed by atoms with Crippen LogP contribution in [-0.2, 0) is 17.5 Å². The van der Waals surface area contributed by atoms with E-state index >= 15 is 0 Å². The number of aryl methyl sites for hydroxylation is 1. The lowest BCUT2D eigenvalue weighted by Gasteiger charge is -2.19. The van der Waals surface area contributed by atoms with Crippen LogP contribution in [0.1, 0.15) is 22.3 Å². The minimum Gasteiger partial charge on any atom is -0.378 e. The molecule has 10 heteroatoms. The first kappa shape index (κ1) is 22.9. The summed E-state index contributed by atoms with van der Waals surface area (Å²) in [4.78, 5) is 30.2. The minimum atomic E-state index is -4.64. The van der Waals surface area contributed by atoms with Crippen molar-refractivity contribution in [2.24, 2.45) is 0 Å². The van der Waals surface area contributed by atoms with E-state index in [4.69, 9.17) is 0 Å². The van der Waals surface area contributed by atoms with Crippen molar-refractivity contribution in [3.63, 3.8) is 0 Å². The standard InChI is InChI=1S/C22H22F3N5O2/c1-29(2)17-6-7-19(18(13-17)22(23,24)25)28-21(32)15-4-3-5-16(12-15)27-20(31)8-10-30-11-9-26-14-30/h3-7,9,11-14H,8,10H2,1-2H3,(H,27,31)(H,28,32). The number of anilines is 3. The van der Waals surface area contributed by atoms with E-state index in [0.717, 1.165) is 6.07 Å². The summed E-state index contributed by atoms with van der Waals surface area (Å²) in [5, 5.41) is 5.00. The van der Waals surface area contributed by atoms with E-state index in [-0.39, 0.29) is 23.6 Å². The molecule has 2 amide bonds. The molecule has 0 saturated heterocycles. The zero-order valence-electron chi connectivity index (χ0n) is 17.5. The zero-order chi connectivity index (χ0) is 23.3. The van der Waals surface area contributed by atoms with E-state index in [1.807, 2.05) is 0 Å². The Labute approximate surface area is 182 Å². The molecular weight excluding hydrogens is 423 g/mol. The van der Waals surface area contributed by atoms with Gasteiger partial charge in [-0.05, 0) is 36.4 Å². The third-order valence-corrected chi connectivity index (χ3v) is 4.64. The summed E-state index contributed by atoms with van der Waals surface area (Å²) in [5.74, 6) is -0.988. The van der Waals surface area contributed by atoms with Crippen LogP contribution in [0, 0.1) is 0 Å². The van der Waals surface area contributed by atoms with E-state index in [1.54, 1.807) is 54.4 Å². The average molecular weight is 445 g/mol. The third-order valence-electron chi connectivity index (χ3n) is 4.64. The molecule has 0 unspecified atom stereocenters. The fourth-order valence-electron chi connectivity index (χ4n) is 2.96. The van der Waals surface area contributed by atoms with E-state index in [2.05, 4.69) is 15.6 Å². The number of carbonyl (C=O) groups excluding carboxylic acids is 2. The predicted octanol–water partition coefficient (Wildman–Crippen LogP) is 4.25. The van der Waals surface area contributed by atoms with Crippen molar-refractivity contribution in [1.82, 2.24) is 9.55 Å². The van der Waals surface area contributed by atoms with Crippen LogP contribution < -0.4 is 15.5 Å². The lowest BCUT2D eigenvalue weighted by atomic mass is 10.1. The molecule has 168 valence electrons. The van der Waals surface area contributed by atoms with Crippen molar-refractivity contribution in [3.8, 4) is 0 Å². The molecule has 3 aromatic rings. The molecule has 0 radical (unpaired) electrons. The Morgan fingerprint density at radius 2 is 1.88 bits per heavy atom. The van der Waals surface area contributed by atoms with Crippen molar-refractivity contribution in [1.29, 1.82) is 0 Å². The van der Waals surface area contributed by atoms with Crippen molar-refractivity contribution in [2.45, 2.75) is 19.1 Å². The second-order valence-electron chi connectivity index (χ2n) is 7.26. The molecule has 0 aliphatic carbocycles. The Kier molecular flexibility index (Phi) is 6.82. The molecule has 0 bridgehead atoms. The summed E-state index contributed by atoms with van der Waals surface area (Å²) in [6.45, 7) is 0.440. The molecule has 0 spiro atoms. The summed E-state index contributed by atoms with van der Waals surface area (Å²) in [6, 6.07) is 9.69. The van der Waals surface area contributed by atoms with Gasteiger partial charge in [0.15, 0.2) is 0 Å². The fraction of sp³-hybridized carbons (Fsp3) is 0.227. The van der Waals surface area contributed by atoms with E-state index in [9.17, 15) is 22.8 Å². The van der Waals surface area contributed by atoms with Gasteiger partial charge in [0.1, 0.15) is 0 Å². The second-order valence-corrected chi connectivity index (χ2v) is 7.26. The molecule has 0 aliphatic heterocycles. The first-order chi connectivity index (χ1) is 15.1. The topological polar surface area (TPSA) is 79.3 Å². The van der Waals surface area contributed by atoms with Gasteiger partial charge in [-0.3, -0.25) is 9.59 Å². The average Bonchev–Trinajstić information content (AvgIpc) is 3.25. The number of amides is 2. The highest BCUT2D eigenvalue weighted by molar-refractivity contribution is 6.05. The highest BCUT2D eigenvalue weighted by Crippen LogP contribution is 2.37. The quantitative estimate of drug-likeness (QED) is 0.570. The molecule has 1 aromatic heterocycles. The number of aromatic nitrogens is 2. The molecule has 1 heterocycles. The maximum atomic E-state index is 13.5. The number of carbonyl (C=O) groups is 2. The first-order valence-electron chi connectivity index (χ1n) is 9.69. The Morgan fingerprint density at radius 3 is 2.53 bits per heavy atom. The second kappa shape index (κ2) is 9.54. The molecule has 0 aliphatic rings. The van der Waals surface area contributed by atoms with Gasteiger partial charge in [-0.25, -0.2) is 4.98 Å². The molecular formula is C22H22F3N5O2. The number of hydrogen-bond donors (Lipinski definition) is 2. The normalized spacial score (nSPS) is 11.2. The van der Waals surface area contributed by atoms with Gasteiger partial charge in [-0.2, -0.15) is 13.2 Å². The smallest absolute Gasteiger partial charge is 0.378 e. The predicted molar refractivity (Wildman–Crippen MR) is 116 cm³/mol. The Balaban J connectivity index is 1.71. The summed E-state index contributed by atoms with van der Waals surface area (Å²) >= 11 is 0. The van der Waals surface area contributed by atoms with E-state index in [1.165, 1.54) is 24.3 Å². The van der Waals surface area contributed by atoms with Gasteiger partial charge in [0.05, 0.1) is 17.6 Å². The lowest BCUT2D eigenvalue weighted by molar-refractivity contribution is -0.136. The van der Waals surface area contributed by atoms with Crippen molar-refractivity contribution in [3.05, 3.63) is 72.3 Å². The van der Waals surface area contributed by atoms with Crippen LogP contribution in [0.2, 0.25) is 0 Å². The van der Waals surface area contributed by atoms with Gasteiger partial charge in [0.2, 0.25) is 5.91 Å². The van der Waals surface area contributed by atoms with Gasteiger partial charge in [0, 0.05) is 56.4 Å². The number of rotatable bonds is 7. The van der Waals surface area contributed by atoms with Gasteiger partial charge in [-0.15, -0.1) is 0 Å². The van der Waals surface area contributed by atoms with Gasteiger partial charge < -0.3 is 20.1 Å². The maximum absolute atomic E-state index is 13.5. The molecule has 0 fully saturated rings. The highest BCUT2D eigenvalue weighted by Gasteiger charge is 2.34. The summed E-state index contributed by atoms with van der Waals surface area (Å²) < 4.78 is 42.3. The number of hydrogen-bond acceptors (Lipinski definition) is 4. The highest BCUT2D eigenvalue weighted by atomic mass is 19.4. The fourth-order valence-corrected chi connectivity index (χ4v) is 2.96. The van der Waals surface area contributed by atoms with Gasteiger partial charge >= 0.3 is 6.18 Å². The number of imidazole rings is 1. The number of halogens is 3. The molecule has 0 atom stereocenters. The lowest BCUT2D eigenvalue weighted by Crippen LogP contribution is -2.18. The Bertz CT molecular complexity index is 1100. The van der Waals surface area contributed by atoms with E-state index in [0.29, 0.717) is 17.9 Å². The van der Waals surface area contributed by atoms with Crippen LogP contribution in [0.5, 0.6) is 0 Å². The molecule has 2 N–H and O–H groups in total. The van der Waals surface area contributed by atoms with Crippen LogP contribution in [-0.4, -0.2) is 35.5 Å². The monoisotopic (exact) mass is 445 g/mol. The minimum absolute atomic E-state index is 0.113. The van der Waals surface area contributed by atoms with Crippen LogP contribution in [0.15, 0.2) is 61.2 Å². The van der Waals surface area contributed by atoms with Gasteiger partial charge in [0.25, 0.3) is 5.91 Å². The number of benzene rings is 2. The van der Waals surface area contributed by atoms with Crippen LogP contribution in [0.3, 0.4) is 0 Å². The summed E-state index contributed by atoms with van der Waals surface area (Å²) in [5.41, 5.74) is -0.450. The summed E-state index contributed by atoms with van der Waals surface area (Å²) in [6.07, 6.45) is 0.495. The summed E-state index contributed by atoms with van der Waals surface area (Å²) in [7, 11) is 3.26. The van der Waals surface area contributed by atoms with Crippen molar-refractivity contribution >= 4 is 28.9 Å². The van der Waals surface area contributed by atoms with Gasteiger partial charge in [-0.1, -0.05) is 6.07 Å². The Morgan fingerprint density at radius 1 is 1.09 bits per heavy atom. The number of alkyl halides is 3. The zero-order valence-corrected chi connectivity index (χ0v) is 17.5. The molecule has 0 saturated carbocycles. The van der Waals surface area contributed by atoms with E-state index < -0.39 is 17.6 Å². The molecule has 3 rings (SSSR count). The first-order valence-corrected chi connectivity index (χ1v) is 9.69. The SMILES string of the molecule is CN(C)c1ccc(NC(=O)c2cccc(NC(=O)CCn3ccnc3)c2)c(C(F)(F)F)c1. The van der Waals surface area contributed by atoms with Crippen LogP contribution in [0.25, 0.3) is 0 Å². The largest absolute Gasteiger partial charge is 0.418 e. The van der Waals surface area contributed by atoms with Crippen molar-refractivity contribution < 1.29 is 22.8 Å². The third kappa shape index (κ3) is 5.87. The molecule has 32 heavy (non-hydrogen) atoms. The molecule has 7 nitrogen and oxygen atoms in total. The maximum Gasteiger partial charge on any atom is 0.418 e. The molecule has 2 aromatic carbocycles. The Hall–Kier alpha value is -3.82. The van der Waals surface area contributed by atoms with Crippen LogP contribution in [0.4, 0.5) is 30.2 Å².